The van der Waals surface area contributed by atoms with Crippen LogP contribution in [-0.2, 0) is 14.4 Å². The van der Waals surface area contributed by atoms with Crippen molar-refractivity contribution in [2.24, 2.45) is 16.6 Å². The van der Waals surface area contributed by atoms with Gasteiger partial charge >= 0.3 is 18.1 Å². The number of nitrogens with zero attached hydrogens (tertiary/aromatic N) is 2. The predicted molar refractivity (Wildman–Crippen MR) is 97.4 cm³/mol. The molecule has 28 heavy (non-hydrogen) atoms. The fraction of sp³-hybridized carbons (Fsp3) is 0.312. The van der Waals surface area contributed by atoms with Gasteiger partial charge in [-0.15, -0.1) is 0 Å². The minimum absolute atomic E-state index is 0.0320. The first-order chi connectivity index (χ1) is 13.3. The zero-order chi connectivity index (χ0) is 20.7. The molecule has 0 aliphatic carbocycles. The maximum absolute atomic E-state index is 12.5. The highest BCUT2D eigenvalue weighted by molar-refractivity contribution is 6.02. The molecule has 4 amide bonds. The van der Waals surface area contributed by atoms with Gasteiger partial charge in [-0.2, -0.15) is 0 Å². The Kier molecular flexibility index (Phi) is 6.73. The average molecular weight is 392 g/mol. The van der Waals surface area contributed by atoms with Gasteiger partial charge < -0.3 is 32.1 Å². The molecule has 1 aromatic rings. The molecule has 1 saturated heterocycles. The number of carboxylic acid groups (broad SMARTS) is 1. The van der Waals surface area contributed by atoms with Gasteiger partial charge in [0.15, 0.2) is 5.84 Å². The van der Waals surface area contributed by atoms with E-state index in [-0.39, 0.29) is 24.7 Å². The Labute approximate surface area is 159 Å². The summed E-state index contributed by atoms with van der Waals surface area (Å²) < 4.78 is 0. The number of aliphatic carboxylic acids is 1. The third-order valence-corrected chi connectivity index (χ3v) is 3.84. The monoisotopic (exact) mass is 392 g/mol. The minimum Gasteiger partial charge on any atom is -0.481 e. The summed E-state index contributed by atoms with van der Waals surface area (Å²) >= 11 is 0. The highest BCUT2D eigenvalue weighted by atomic mass is 16.7. The summed E-state index contributed by atoms with van der Waals surface area (Å²) in [6.45, 7) is 0.363. The molecule has 12 nitrogen and oxygen atoms in total. The van der Waals surface area contributed by atoms with Crippen molar-refractivity contribution in [3.63, 3.8) is 0 Å². The highest BCUT2D eigenvalue weighted by Crippen LogP contribution is 2.22. The number of amides is 4. The molecule has 1 atom stereocenters. The van der Waals surface area contributed by atoms with Crippen molar-refractivity contribution >= 4 is 35.5 Å². The van der Waals surface area contributed by atoms with Crippen molar-refractivity contribution in [3.05, 3.63) is 29.8 Å². The van der Waals surface area contributed by atoms with Crippen LogP contribution < -0.4 is 27.0 Å². The molecule has 150 valence electrons. The molecule has 1 aliphatic heterocycles. The molecule has 0 bridgehead atoms. The fourth-order valence-corrected chi connectivity index (χ4v) is 2.52. The van der Waals surface area contributed by atoms with E-state index < -0.39 is 24.1 Å². The summed E-state index contributed by atoms with van der Waals surface area (Å²) in [6.07, 6.45) is -0.891. The highest BCUT2D eigenvalue weighted by Gasteiger charge is 2.33. The van der Waals surface area contributed by atoms with E-state index in [1.807, 2.05) is 0 Å². The summed E-state index contributed by atoms with van der Waals surface area (Å²) in [5.74, 6) is -1.38. The SMILES string of the molecule is NC(=O)O/N=C(\N)c1ccc(N2CC[C@H](NC(=O)NCCC(=O)O)C2=O)cc1. The molecule has 0 aromatic heterocycles. The molecular weight excluding hydrogens is 372 g/mol. The van der Waals surface area contributed by atoms with Crippen molar-refractivity contribution in [1.82, 2.24) is 10.6 Å². The van der Waals surface area contributed by atoms with Crippen LogP contribution >= 0.6 is 0 Å². The Morgan fingerprint density at radius 3 is 2.54 bits per heavy atom. The van der Waals surface area contributed by atoms with E-state index in [9.17, 15) is 19.2 Å². The smallest absolute Gasteiger partial charge is 0.430 e. The number of benzene rings is 1. The third kappa shape index (κ3) is 5.59. The van der Waals surface area contributed by atoms with Gasteiger partial charge in [0, 0.05) is 24.3 Å². The summed E-state index contributed by atoms with van der Waals surface area (Å²) in [5, 5.41) is 16.8. The maximum Gasteiger partial charge on any atom is 0.430 e. The number of amidine groups is 1. The number of primary amides is 1. The number of carbonyl (C=O) groups excluding carboxylic acids is 3. The maximum atomic E-state index is 12.5. The summed E-state index contributed by atoms with van der Waals surface area (Å²) in [7, 11) is 0. The van der Waals surface area contributed by atoms with Crippen LogP contribution in [0, 0.1) is 0 Å². The number of hydrogen-bond acceptors (Lipinski definition) is 6. The molecule has 1 aliphatic rings. The molecule has 0 unspecified atom stereocenters. The lowest BCUT2D eigenvalue weighted by Gasteiger charge is -2.17. The second kappa shape index (κ2) is 9.21. The number of carbonyl (C=O) groups is 4. The van der Waals surface area contributed by atoms with Crippen LogP contribution in [0.25, 0.3) is 0 Å². The summed E-state index contributed by atoms with van der Waals surface area (Å²) in [4.78, 5) is 50.9. The number of anilines is 1. The summed E-state index contributed by atoms with van der Waals surface area (Å²) in [6, 6.07) is 5.14. The van der Waals surface area contributed by atoms with Gasteiger partial charge in [0.05, 0.1) is 6.42 Å². The fourth-order valence-electron chi connectivity index (χ4n) is 2.52. The van der Waals surface area contributed by atoms with E-state index in [0.29, 0.717) is 24.2 Å². The lowest BCUT2D eigenvalue weighted by Crippen LogP contribution is -2.46. The van der Waals surface area contributed by atoms with Gasteiger partial charge in [-0.3, -0.25) is 14.4 Å². The Morgan fingerprint density at radius 1 is 1.25 bits per heavy atom. The normalized spacial score (nSPS) is 16.6. The molecule has 1 fully saturated rings. The van der Waals surface area contributed by atoms with E-state index in [0.717, 1.165) is 0 Å². The number of rotatable bonds is 7. The Morgan fingerprint density at radius 2 is 1.93 bits per heavy atom. The zero-order valence-electron chi connectivity index (χ0n) is 14.8. The first-order valence-corrected chi connectivity index (χ1v) is 8.26. The van der Waals surface area contributed by atoms with Crippen molar-refractivity contribution < 1.29 is 29.1 Å². The molecular formula is C16H20N6O6. The number of oxime groups is 1. The summed E-state index contributed by atoms with van der Waals surface area (Å²) in [5.41, 5.74) is 11.5. The van der Waals surface area contributed by atoms with E-state index >= 15 is 0 Å². The van der Waals surface area contributed by atoms with Gasteiger partial charge in [-0.1, -0.05) is 5.16 Å². The topological polar surface area (TPSA) is 189 Å². The van der Waals surface area contributed by atoms with E-state index in [2.05, 4.69) is 20.6 Å². The van der Waals surface area contributed by atoms with E-state index in [1.54, 1.807) is 24.3 Å². The number of nitrogens with two attached hydrogens (primary N) is 2. The largest absolute Gasteiger partial charge is 0.481 e. The van der Waals surface area contributed by atoms with Crippen LogP contribution in [-0.4, -0.2) is 54.1 Å². The molecule has 2 rings (SSSR count). The Bertz CT molecular complexity index is 793. The second-order valence-electron chi connectivity index (χ2n) is 5.81. The Hall–Kier alpha value is -3.83. The van der Waals surface area contributed by atoms with Gasteiger partial charge in [0.2, 0.25) is 5.91 Å². The lowest BCUT2D eigenvalue weighted by atomic mass is 10.2. The first-order valence-electron chi connectivity index (χ1n) is 8.26. The molecule has 1 aromatic carbocycles. The third-order valence-electron chi connectivity index (χ3n) is 3.84. The predicted octanol–water partition coefficient (Wildman–Crippen LogP) is -0.719. The molecule has 0 radical (unpaired) electrons. The number of carboxylic acids is 1. The second-order valence-corrected chi connectivity index (χ2v) is 5.81. The van der Waals surface area contributed by atoms with Crippen molar-refractivity contribution in [2.75, 3.05) is 18.0 Å². The molecule has 0 saturated carbocycles. The van der Waals surface area contributed by atoms with Crippen LogP contribution in [0.15, 0.2) is 29.4 Å². The molecule has 0 spiro atoms. The number of hydrogen-bond donors (Lipinski definition) is 5. The average Bonchev–Trinajstić information content (AvgIpc) is 3.00. The Balaban J connectivity index is 1.93. The standard InChI is InChI=1S/C16H20N6O6/c17-13(21-28-15(18)26)9-1-3-10(4-2-9)22-8-6-11(14(22)25)20-16(27)19-7-5-12(23)24/h1-4,11H,5-8H2,(H2,17,21)(H2,18,26)(H,23,24)(H2,19,20,27)/t11-/m0/s1. The quantitative estimate of drug-likeness (QED) is 0.175. The van der Waals surface area contributed by atoms with Crippen LogP contribution in [0.5, 0.6) is 0 Å². The minimum atomic E-state index is -1.09. The van der Waals surface area contributed by atoms with E-state index in [1.165, 1.54) is 4.90 Å². The zero-order valence-corrected chi connectivity index (χ0v) is 14.8. The van der Waals surface area contributed by atoms with Crippen molar-refractivity contribution in [3.8, 4) is 0 Å². The van der Waals surface area contributed by atoms with Crippen molar-refractivity contribution in [2.45, 2.75) is 18.9 Å². The number of nitrogens with one attached hydrogen (secondary N) is 2. The van der Waals surface area contributed by atoms with Gasteiger partial charge in [-0.25, -0.2) is 9.59 Å². The van der Waals surface area contributed by atoms with Crippen LogP contribution in [0.1, 0.15) is 18.4 Å². The molecule has 1 heterocycles. The van der Waals surface area contributed by atoms with Crippen molar-refractivity contribution in [1.29, 1.82) is 0 Å². The molecule has 7 N–H and O–H groups in total. The molecule has 12 heteroatoms. The van der Waals surface area contributed by atoms with E-state index in [4.69, 9.17) is 16.6 Å². The van der Waals surface area contributed by atoms with Crippen LogP contribution in [0.2, 0.25) is 0 Å². The van der Waals surface area contributed by atoms with Crippen LogP contribution in [0.4, 0.5) is 15.3 Å². The first kappa shape index (κ1) is 20.5. The number of urea groups is 1. The van der Waals surface area contributed by atoms with Crippen LogP contribution in [0.3, 0.4) is 0 Å². The van der Waals surface area contributed by atoms with Gasteiger partial charge in [0.1, 0.15) is 6.04 Å². The lowest BCUT2D eigenvalue weighted by molar-refractivity contribution is -0.136. The van der Waals surface area contributed by atoms with Gasteiger partial charge in [0.25, 0.3) is 0 Å². The van der Waals surface area contributed by atoms with Gasteiger partial charge in [-0.05, 0) is 30.7 Å².